The molecule has 6 saturated carbocycles. The van der Waals surface area contributed by atoms with Crippen molar-refractivity contribution in [1.29, 1.82) is 0 Å². The van der Waals surface area contributed by atoms with Crippen molar-refractivity contribution in [3.05, 3.63) is 89.5 Å². The van der Waals surface area contributed by atoms with Gasteiger partial charge in [0.1, 0.15) is 17.2 Å². The Morgan fingerprint density at radius 1 is 0.333 bits per heavy atom. The van der Waals surface area contributed by atoms with Crippen molar-refractivity contribution in [1.82, 2.24) is 0 Å². The molecule has 9 rings (SSSR count). The van der Waals surface area contributed by atoms with Crippen molar-refractivity contribution in [2.24, 2.45) is 47.3 Å². The van der Waals surface area contributed by atoms with Gasteiger partial charge in [0.15, 0.2) is 0 Å². The van der Waals surface area contributed by atoms with Crippen LogP contribution in [0.2, 0.25) is 0 Å². The summed E-state index contributed by atoms with van der Waals surface area (Å²) in [5.74, 6) is 10.7. The Morgan fingerprint density at radius 2 is 0.537 bits per heavy atom. The largest absolute Gasteiger partial charge is 0.508 e. The molecule has 8 unspecified atom stereocenters. The predicted octanol–water partition coefficient (Wildman–Crippen LogP) is 15.9. The number of para-hydroxylation sites is 3. The van der Waals surface area contributed by atoms with Crippen LogP contribution in [0.1, 0.15) is 163 Å². The van der Waals surface area contributed by atoms with Gasteiger partial charge in [-0.3, -0.25) is 0 Å². The number of aromatic hydroxyl groups is 3. The van der Waals surface area contributed by atoms with Crippen LogP contribution in [-0.4, -0.2) is 15.3 Å². The average Bonchev–Trinajstić information content (AvgIpc) is 4.09. The molecule has 3 aromatic carbocycles. The van der Waals surface area contributed by atoms with Gasteiger partial charge in [-0.1, -0.05) is 137 Å². The first kappa shape index (κ1) is 51.1. The van der Waals surface area contributed by atoms with Crippen LogP contribution in [0, 0.1) is 68.1 Å². The number of aryl methyl sites for hydroxylation is 3. The molecule has 6 aliphatic rings. The molecule has 8 atom stereocenters. The molecule has 3 nitrogen and oxygen atoms in total. The molecule has 0 amide bonds. The van der Waals surface area contributed by atoms with Gasteiger partial charge in [0.05, 0.1) is 0 Å². The van der Waals surface area contributed by atoms with Crippen LogP contribution in [0.15, 0.2) is 72.8 Å². The molecule has 0 saturated heterocycles. The van der Waals surface area contributed by atoms with Crippen LogP contribution >= 0.6 is 0 Å². The third kappa shape index (κ3) is 16.0. The highest BCUT2D eigenvalue weighted by atomic mass is 16.3. The van der Waals surface area contributed by atoms with E-state index in [2.05, 4.69) is 0 Å². The second kappa shape index (κ2) is 30.3. The smallest absolute Gasteiger partial charge is 0.118 e. The Balaban J connectivity index is 0.000000617. The maximum Gasteiger partial charge on any atom is 0.118 e. The molecule has 6 aliphatic carbocycles. The van der Waals surface area contributed by atoms with E-state index in [9.17, 15) is 0 Å². The molecule has 3 N–H and O–H groups in total. The fraction of sp³-hybridized carbons (Fsp3) is 0.647. The highest BCUT2D eigenvalue weighted by Crippen LogP contribution is 2.59. The van der Waals surface area contributed by atoms with Crippen molar-refractivity contribution in [3.63, 3.8) is 0 Å². The Kier molecular flexibility index (Phi) is 28.7. The normalized spacial score (nSPS) is 25.9. The van der Waals surface area contributed by atoms with E-state index in [4.69, 9.17) is 15.3 Å². The Labute approximate surface area is 335 Å². The van der Waals surface area contributed by atoms with Crippen molar-refractivity contribution in [2.45, 2.75) is 167 Å². The number of hydrogen-bond donors (Lipinski definition) is 3. The van der Waals surface area contributed by atoms with Crippen LogP contribution in [0.3, 0.4) is 0 Å². The lowest BCUT2D eigenvalue weighted by Crippen LogP contribution is -2.15. The Bertz CT molecular complexity index is 1080. The maximum atomic E-state index is 8.92. The minimum atomic E-state index is 0.368. The van der Waals surface area contributed by atoms with Gasteiger partial charge in [0.2, 0.25) is 0 Å². The van der Waals surface area contributed by atoms with E-state index in [1.54, 1.807) is 95.2 Å². The summed E-state index contributed by atoms with van der Waals surface area (Å²) in [5.41, 5.74) is 2.77. The fourth-order valence-corrected chi connectivity index (χ4v) is 9.73. The number of phenolic OH excluding ortho intramolecular Hbond substituents is 3. The average molecular weight is 747 g/mol. The number of phenols is 3. The second-order valence-electron chi connectivity index (χ2n) is 14.5. The highest BCUT2D eigenvalue weighted by molar-refractivity contribution is 5.31. The molecular formula is C51H86O3. The van der Waals surface area contributed by atoms with E-state index in [0.29, 0.717) is 17.2 Å². The summed E-state index contributed by atoms with van der Waals surface area (Å²) in [6.45, 7) is 25.6. The van der Waals surface area contributed by atoms with Crippen molar-refractivity contribution in [3.8, 4) is 17.2 Å². The predicted molar refractivity (Wildman–Crippen MR) is 239 cm³/mol. The molecule has 3 heteroatoms. The highest BCUT2D eigenvalue weighted by Gasteiger charge is 2.49. The minimum absolute atomic E-state index is 0.368. The van der Waals surface area contributed by atoms with E-state index >= 15 is 0 Å². The molecule has 3 aromatic rings. The molecule has 0 aliphatic heterocycles. The van der Waals surface area contributed by atoms with E-state index in [0.717, 1.165) is 16.7 Å². The summed E-state index contributed by atoms with van der Waals surface area (Å²) in [5, 5.41) is 26.8. The van der Waals surface area contributed by atoms with E-state index in [1.807, 2.05) is 145 Å². The van der Waals surface area contributed by atoms with Crippen molar-refractivity contribution >= 4 is 0 Å². The lowest BCUT2D eigenvalue weighted by Gasteiger charge is -2.23. The topological polar surface area (TPSA) is 60.7 Å². The van der Waals surface area contributed by atoms with E-state index in [-0.39, 0.29) is 0 Å². The standard InChI is InChI=1S/2C10H16.3C7H8O.5C2H6/c2*1-2-9-7-4-5-8(6-7)10(9)3-1;3*1-6-4-2-3-5-7(6)8;5*1-2/h2*7-10H,1-6H2;3*2-5,8H,1H3;5*1-2H3. The van der Waals surface area contributed by atoms with Gasteiger partial charge in [-0.15, -0.1) is 0 Å². The third-order valence-corrected chi connectivity index (χ3v) is 12.0. The zero-order valence-corrected chi connectivity index (χ0v) is 37.4. The lowest BCUT2D eigenvalue weighted by molar-refractivity contribution is 0.259. The van der Waals surface area contributed by atoms with Gasteiger partial charge in [-0.25, -0.2) is 0 Å². The fourth-order valence-electron chi connectivity index (χ4n) is 9.73. The van der Waals surface area contributed by atoms with Gasteiger partial charge in [0.25, 0.3) is 0 Å². The monoisotopic (exact) mass is 747 g/mol. The van der Waals surface area contributed by atoms with E-state index in [1.165, 1.54) is 47.3 Å². The van der Waals surface area contributed by atoms with Crippen LogP contribution in [0.25, 0.3) is 0 Å². The van der Waals surface area contributed by atoms with Crippen molar-refractivity contribution in [2.75, 3.05) is 0 Å². The van der Waals surface area contributed by atoms with Gasteiger partial charge in [-0.05, 0) is 167 Å². The minimum Gasteiger partial charge on any atom is -0.508 e. The zero-order valence-electron chi connectivity index (χ0n) is 37.4. The summed E-state index contributed by atoms with van der Waals surface area (Å²) in [4.78, 5) is 0. The van der Waals surface area contributed by atoms with Gasteiger partial charge >= 0.3 is 0 Å². The molecule has 0 radical (unpaired) electrons. The number of rotatable bonds is 0. The van der Waals surface area contributed by atoms with Crippen LogP contribution < -0.4 is 0 Å². The first-order chi connectivity index (χ1) is 26.3. The molecule has 54 heavy (non-hydrogen) atoms. The SMILES string of the molecule is C1CC2C3CCC(C3)C2C1.C1CC2C3CCC(C3)C2C1.CC.CC.CC.CC.CC.Cc1ccccc1O.Cc1ccccc1O.Cc1ccccc1O. The Morgan fingerprint density at radius 3 is 0.704 bits per heavy atom. The number of fused-ring (bicyclic) bond motifs is 10. The first-order valence-electron chi connectivity index (χ1n) is 22.6. The Hall–Kier alpha value is -2.94. The summed E-state index contributed by atoms with van der Waals surface area (Å²) in [6, 6.07) is 21.8. The molecule has 4 bridgehead atoms. The van der Waals surface area contributed by atoms with Gasteiger partial charge < -0.3 is 15.3 Å². The number of hydrogen-bond acceptors (Lipinski definition) is 3. The molecule has 0 heterocycles. The third-order valence-electron chi connectivity index (χ3n) is 12.0. The first-order valence-corrected chi connectivity index (χ1v) is 22.6. The molecule has 0 spiro atoms. The van der Waals surface area contributed by atoms with Crippen LogP contribution in [0.5, 0.6) is 17.2 Å². The quantitative estimate of drug-likeness (QED) is 0.215. The summed E-state index contributed by atoms with van der Waals surface area (Å²) >= 11 is 0. The molecule has 308 valence electrons. The van der Waals surface area contributed by atoms with Gasteiger partial charge in [-0.2, -0.15) is 0 Å². The molecular weight excluding hydrogens is 661 g/mol. The van der Waals surface area contributed by atoms with E-state index < -0.39 is 0 Å². The van der Waals surface area contributed by atoms with Gasteiger partial charge in [0, 0.05) is 0 Å². The molecule has 6 fully saturated rings. The zero-order chi connectivity index (χ0) is 41.1. The maximum absolute atomic E-state index is 8.92. The number of benzene rings is 3. The second-order valence-corrected chi connectivity index (χ2v) is 14.5. The lowest BCUT2D eigenvalue weighted by atomic mass is 9.82. The molecule has 0 aromatic heterocycles. The summed E-state index contributed by atoms with van der Waals surface area (Å²) in [6.07, 6.45) is 19.1. The van der Waals surface area contributed by atoms with Crippen LogP contribution in [0.4, 0.5) is 0 Å². The summed E-state index contributed by atoms with van der Waals surface area (Å²) < 4.78 is 0. The summed E-state index contributed by atoms with van der Waals surface area (Å²) in [7, 11) is 0. The van der Waals surface area contributed by atoms with Crippen molar-refractivity contribution < 1.29 is 15.3 Å². The van der Waals surface area contributed by atoms with Crippen LogP contribution in [-0.2, 0) is 0 Å².